The molecule has 5 rings (SSSR count). The Morgan fingerprint density at radius 3 is 2.31 bits per heavy atom. The van der Waals surface area contributed by atoms with E-state index < -0.39 is 0 Å². The lowest BCUT2D eigenvalue weighted by atomic mass is 10.2. The van der Waals surface area contributed by atoms with Gasteiger partial charge in [-0.1, -0.05) is 88.4 Å². The van der Waals surface area contributed by atoms with Gasteiger partial charge >= 0.3 is 0 Å². The first kappa shape index (κ1) is 26.4. The van der Waals surface area contributed by atoms with Gasteiger partial charge in [0.05, 0.1) is 12.0 Å². The number of nitrogens with zero attached hydrogens (tertiary/aromatic N) is 4. The highest BCUT2D eigenvalue weighted by Gasteiger charge is 2.17. The monoisotopic (exact) mass is 597 g/mol. The summed E-state index contributed by atoms with van der Waals surface area (Å²) in [5, 5.41) is 13.5. The Morgan fingerprint density at radius 2 is 1.59 bits per heavy atom. The fraction of sp³-hybridized carbons (Fsp3) is 0.0667. The van der Waals surface area contributed by atoms with Gasteiger partial charge in [-0.15, -0.1) is 10.2 Å². The lowest BCUT2D eigenvalue weighted by Gasteiger charge is -2.10. The van der Waals surface area contributed by atoms with Crippen molar-refractivity contribution in [2.75, 3.05) is 5.75 Å². The van der Waals surface area contributed by atoms with Gasteiger partial charge in [-0.25, -0.2) is 5.43 Å². The number of amides is 1. The summed E-state index contributed by atoms with van der Waals surface area (Å²) in [6.07, 6.45) is 1.60. The van der Waals surface area contributed by atoms with Crippen LogP contribution < -0.4 is 10.2 Å². The van der Waals surface area contributed by atoms with Gasteiger partial charge < -0.3 is 4.74 Å². The number of hydrazone groups is 1. The average molecular weight is 599 g/mol. The first-order valence-corrected chi connectivity index (χ1v) is 13.9. The predicted molar refractivity (Wildman–Crippen MR) is 158 cm³/mol. The maximum Gasteiger partial charge on any atom is 0.250 e. The molecule has 194 valence electrons. The van der Waals surface area contributed by atoms with E-state index in [-0.39, 0.29) is 11.7 Å². The Morgan fingerprint density at radius 1 is 0.897 bits per heavy atom. The standard InChI is InChI=1S/C30H24BrN5O2S/c31-25-15-13-24(14-16-25)29-34-35-30(36(29)26-9-5-2-6-10-26)39-21-28(37)33-32-19-22-11-17-27(18-12-22)38-20-23-7-3-1-4-8-23/h1-19H,20-21H2,(H,33,37). The first-order chi connectivity index (χ1) is 19.2. The van der Waals surface area contributed by atoms with Crippen LogP contribution in [0.15, 0.2) is 124 Å². The quantitative estimate of drug-likeness (QED) is 0.113. The molecule has 7 nitrogen and oxygen atoms in total. The van der Waals surface area contributed by atoms with Gasteiger partial charge in [-0.3, -0.25) is 9.36 Å². The van der Waals surface area contributed by atoms with E-state index in [2.05, 4.69) is 36.7 Å². The number of aromatic nitrogens is 3. The second kappa shape index (κ2) is 13.0. The molecule has 0 radical (unpaired) electrons. The second-order valence-electron chi connectivity index (χ2n) is 8.41. The number of hydrogen-bond acceptors (Lipinski definition) is 6. The summed E-state index contributed by atoms with van der Waals surface area (Å²) >= 11 is 4.77. The predicted octanol–water partition coefficient (Wildman–Crippen LogP) is 6.52. The third-order valence-corrected chi connectivity index (χ3v) is 7.07. The summed E-state index contributed by atoms with van der Waals surface area (Å²) in [6.45, 7) is 0.505. The minimum absolute atomic E-state index is 0.134. The van der Waals surface area contributed by atoms with E-state index in [1.165, 1.54) is 11.8 Å². The number of halogens is 1. The Kier molecular flexibility index (Phi) is 8.82. The summed E-state index contributed by atoms with van der Waals surface area (Å²) in [6, 6.07) is 35.2. The van der Waals surface area contributed by atoms with Crippen molar-refractivity contribution in [3.63, 3.8) is 0 Å². The molecular weight excluding hydrogens is 574 g/mol. The fourth-order valence-corrected chi connectivity index (χ4v) is 4.70. The maximum atomic E-state index is 12.5. The van der Waals surface area contributed by atoms with Gasteiger partial charge in [-0.2, -0.15) is 5.10 Å². The molecule has 0 aliphatic rings. The van der Waals surface area contributed by atoms with E-state index in [9.17, 15) is 4.79 Å². The summed E-state index contributed by atoms with van der Waals surface area (Å²) in [7, 11) is 0. The molecule has 1 N–H and O–H groups in total. The molecule has 0 saturated heterocycles. The molecular formula is C30H24BrN5O2S. The zero-order valence-electron chi connectivity index (χ0n) is 20.8. The van der Waals surface area contributed by atoms with Gasteiger partial charge in [0.15, 0.2) is 11.0 Å². The fourth-order valence-electron chi connectivity index (χ4n) is 3.69. The summed E-state index contributed by atoms with van der Waals surface area (Å²) in [4.78, 5) is 12.5. The number of hydrogen-bond donors (Lipinski definition) is 1. The Labute approximate surface area is 239 Å². The first-order valence-electron chi connectivity index (χ1n) is 12.1. The van der Waals surface area contributed by atoms with Gasteiger partial charge in [0.25, 0.3) is 5.91 Å². The van der Waals surface area contributed by atoms with Crippen LogP contribution in [0, 0.1) is 0 Å². The van der Waals surface area contributed by atoms with Crippen molar-refractivity contribution < 1.29 is 9.53 Å². The Balaban J connectivity index is 1.18. The molecule has 5 aromatic rings. The Bertz CT molecular complexity index is 1540. The van der Waals surface area contributed by atoms with Crippen LogP contribution in [0.3, 0.4) is 0 Å². The number of ether oxygens (including phenoxy) is 1. The molecule has 0 saturated carbocycles. The zero-order valence-corrected chi connectivity index (χ0v) is 23.2. The van der Waals surface area contributed by atoms with E-state index in [0.29, 0.717) is 17.6 Å². The van der Waals surface area contributed by atoms with Gasteiger partial charge in [0.2, 0.25) is 0 Å². The van der Waals surface area contributed by atoms with Gasteiger partial charge in [0, 0.05) is 15.7 Å². The highest BCUT2D eigenvalue weighted by Crippen LogP contribution is 2.28. The largest absolute Gasteiger partial charge is 0.489 e. The number of carbonyl (C=O) groups excluding carboxylic acids is 1. The molecule has 0 fully saturated rings. The van der Waals surface area contributed by atoms with Crippen molar-refractivity contribution in [2.24, 2.45) is 5.10 Å². The molecule has 0 aliphatic carbocycles. The van der Waals surface area contributed by atoms with Gasteiger partial charge in [-0.05, 0) is 59.7 Å². The van der Waals surface area contributed by atoms with Crippen LogP contribution >= 0.6 is 27.7 Å². The third-order valence-electron chi connectivity index (χ3n) is 5.61. The topological polar surface area (TPSA) is 81.4 Å². The molecule has 9 heteroatoms. The molecule has 0 aliphatic heterocycles. The summed E-state index contributed by atoms with van der Waals surface area (Å²) < 4.78 is 8.74. The highest BCUT2D eigenvalue weighted by molar-refractivity contribution is 9.10. The number of nitrogens with one attached hydrogen (secondary N) is 1. The van der Waals surface area contributed by atoms with Crippen LogP contribution in [-0.2, 0) is 11.4 Å². The van der Waals surface area contributed by atoms with Crippen molar-refractivity contribution in [1.29, 1.82) is 0 Å². The number of para-hydroxylation sites is 1. The van der Waals surface area contributed by atoms with E-state index in [0.717, 1.165) is 32.6 Å². The lowest BCUT2D eigenvalue weighted by molar-refractivity contribution is -0.118. The van der Waals surface area contributed by atoms with Crippen LogP contribution in [0.1, 0.15) is 11.1 Å². The van der Waals surface area contributed by atoms with Crippen LogP contribution in [-0.4, -0.2) is 32.6 Å². The van der Waals surface area contributed by atoms with E-state index >= 15 is 0 Å². The van der Waals surface area contributed by atoms with Crippen LogP contribution in [0.4, 0.5) is 0 Å². The SMILES string of the molecule is O=C(CSc1nnc(-c2ccc(Br)cc2)n1-c1ccccc1)NN=Cc1ccc(OCc2ccccc2)cc1. The van der Waals surface area contributed by atoms with E-state index in [1.54, 1.807) is 6.21 Å². The van der Waals surface area contributed by atoms with E-state index in [1.807, 2.05) is 114 Å². The number of benzene rings is 4. The molecule has 1 amide bonds. The summed E-state index contributed by atoms with van der Waals surface area (Å²) in [5.74, 6) is 1.36. The number of carbonyl (C=O) groups is 1. The molecule has 0 bridgehead atoms. The summed E-state index contributed by atoms with van der Waals surface area (Å²) in [5.41, 5.74) is 6.37. The highest BCUT2D eigenvalue weighted by atomic mass is 79.9. The molecule has 1 aromatic heterocycles. The van der Waals surface area contributed by atoms with Crippen molar-refractivity contribution in [3.05, 3.63) is 125 Å². The minimum atomic E-state index is -0.244. The molecule has 0 unspecified atom stereocenters. The third kappa shape index (κ3) is 7.22. The normalized spacial score (nSPS) is 11.0. The van der Waals surface area contributed by atoms with Crippen molar-refractivity contribution in [1.82, 2.24) is 20.2 Å². The zero-order chi connectivity index (χ0) is 26.9. The van der Waals surface area contributed by atoms with Crippen LogP contribution in [0.5, 0.6) is 5.75 Å². The van der Waals surface area contributed by atoms with Crippen molar-refractivity contribution >= 4 is 39.8 Å². The van der Waals surface area contributed by atoms with Crippen molar-refractivity contribution in [3.8, 4) is 22.8 Å². The number of thioether (sulfide) groups is 1. The average Bonchev–Trinajstić information content (AvgIpc) is 3.41. The molecule has 0 atom stereocenters. The molecule has 4 aromatic carbocycles. The molecule has 0 spiro atoms. The molecule has 39 heavy (non-hydrogen) atoms. The Hall–Kier alpha value is -4.21. The number of rotatable bonds is 10. The lowest BCUT2D eigenvalue weighted by Crippen LogP contribution is -2.20. The minimum Gasteiger partial charge on any atom is -0.489 e. The maximum absolute atomic E-state index is 12.5. The van der Waals surface area contributed by atoms with Crippen molar-refractivity contribution in [2.45, 2.75) is 11.8 Å². The molecule has 1 heterocycles. The van der Waals surface area contributed by atoms with E-state index in [4.69, 9.17) is 4.74 Å². The second-order valence-corrected chi connectivity index (χ2v) is 10.3. The van der Waals surface area contributed by atoms with Gasteiger partial charge in [0.1, 0.15) is 12.4 Å². The smallest absolute Gasteiger partial charge is 0.250 e. The van der Waals surface area contributed by atoms with Crippen LogP contribution in [0.25, 0.3) is 17.1 Å². The van der Waals surface area contributed by atoms with Crippen LogP contribution in [0.2, 0.25) is 0 Å².